The van der Waals surface area contributed by atoms with E-state index in [1.807, 2.05) is 0 Å². The average Bonchev–Trinajstić information content (AvgIpc) is 2.50. The first-order valence-corrected chi connectivity index (χ1v) is 8.42. The van der Waals surface area contributed by atoms with Crippen LogP contribution in [0.2, 0.25) is 5.02 Å². The summed E-state index contributed by atoms with van der Waals surface area (Å²) in [6.07, 6.45) is 3.85. The molecule has 1 aromatic carbocycles. The molecule has 1 aliphatic heterocycles. The molecule has 0 unspecified atom stereocenters. The van der Waals surface area contributed by atoms with E-state index in [4.69, 9.17) is 23.8 Å². The molecule has 0 aliphatic carbocycles. The number of likely N-dealkylation sites (tertiary alicyclic amines) is 1. The van der Waals surface area contributed by atoms with Gasteiger partial charge in [0.2, 0.25) is 0 Å². The highest BCUT2D eigenvalue weighted by Gasteiger charge is 2.27. The molecule has 1 aliphatic rings. The van der Waals surface area contributed by atoms with Crippen molar-refractivity contribution in [3.63, 3.8) is 0 Å². The predicted octanol–water partition coefficient (Wildman–Crippen LogP) is 4.03. The highest BCUT2D eigenvalue weighted by molar-refractivity contribution is 7.80. The molecule has 0 spiro atoms. The lowest BCUT2D eigenvalue weighted by Crippen LogP contribution is -2.53. The van der Waals surface area contributed by atoms with Gasteiger partial charge >= 0.3 is 0 Å². The van der Waals surface area contributed by atoms with E-state index < -0.39 is 5.82 Å². The van der Waals surface area contributed by atoms with Crippen molar-refractivity contribution in [1.82, 2.24) is 10.2 Å². The van der Waals surface area contributed by atoms with E-state index in [1.54, 1.807) is 6.07 Å². The van der Waals surface area contributed by atoms with Gasteiger partial charge in [-0.15, -0.1) is 0 Å². The van der Waals surface area contributed by atoms with Gasteiger partial charge in [0.15, 0.2) is 5.11 Å². The summed E-state index contributed by atoms with van der Waals surface area (Å²) in [7, 11) is 0. The van der Waals surface area contributed by atoms with Crippen LogP contribution < -0.4 is 10.6 Å². The minimum atomic E-state index is -0.433. The van der Waals surface area contributed by atoms with Crippen molar-refractivity contribution in [1.29, 1.82) is 0 Å². The number of piperidine rings is 1. The Hall–Kier alpha value is -0.910. The van der Waals surface area contributed by atoms with Crippen LogP contribution in [0.3, 0.4) is 0 Å². The van der Waals surface area contributed by atoms with Crippen molar-refractivity contribution in [2.24, 2.45) is 0 Å². The van der Waals surface area contributed by atoms with Crippen LogP contribution in [0.25, 0.3) is 0 Å². The second kappa shape index (κ2) is 7.57. The molecule has 22 heavy (non-hydrogen) atoms. The molecule has 6 heteroatoms. The van der Waals surface area contributed by atoms with E-state index >= 15 is 0 Å². The zero-order chi connectivity index (χ0) is 16.2. The third-order valence-corrected chi connectivity index (χ3v) is 4.61. The van der Waals surface area contributed by atoms with Gasteiger partial charge < -0.3 is 10.6 Å². The fourth-order valence-electron chi connectivity index (χ4n) is 2.66. The van der Waals surface area contributed by atoms with Crippen molar-refractivity contribution in [2.45, 2.75) is 38.6 Å². The predicted molar refractivity (Wildman–Crippen MR) is 95.1 cm³/mol. The molecule has 0 bridgehead atoms. The van der Waals surface area contributed by atoms with E-state index in [0.717, 1.165) is 19.6 Å². The van der Waals surface area contributed by atoms with Gasteiger partial charge in [-0.1, -0.05) is 18.0 Å². The Morgan fingerprint density at radius 1 is 1.32 bits per heavy atom. The maximum absolute atomic E-state index is 13.1. The van der Waals surface area contributed by atoms with Gasteiger partial charge in [0.05, 0.1) is 5.02 Å². The zero-order valence-electron chi connectivity index (χ0n) is 13.1. The van der Waals surface area contributed by atoms with Crippen molar-refractivity contribution < 1.29 is 4.39 Å². The third kappa shape index (κ3) is 4.80. The number of rotatable bonds is 4. The first kappa shape index (κ1) is 17.4. The van der Waals surface area contributed by atoms with E-state index in [0.29, 0.717) is 10.8 Å². The standard InChI is InChI=1S/C16H23ClFN3S/c1-16(2,21-8-4-3-5-9-21)11-19-15(22)20-12-6-7-14(18)13(17)10-12/h6-7,10H,3-5,8-9,11H2,1-2H3,(H2,19,20,22). The largest absolute Gasteiger partial charge is 0.361 e. The molecule has 3 nitrogen and oxygen atoms in total. The number of nitrogens with one attached hydrogen (secondary N) is 2. The zero-order valence-corrected chi connectivity index (χ0v) is 14.7. The van der Waals surface area contributed by atoms with E-state index in [9.17, 15) is 4.39 Å². The van der Waals surface area contributed by atoms with Crippen LogP contribution in [-0.4, -0.2) is 35.2 Å². The molecule has 1 saturated heterocycles. The summed E-state index contributed by atoms with van der Waals surface area (Å²) in [5.74, 6) is -0.433. The molecule has 1 heterocycles. The smallest absolute Gasteiger partial charge is 0.170 e. The monoisotopic (exact) mass is 343 g/mol. The van der Waals surface area contributed by atoms with E-state index in [-0.39, 0.29) is 10.6 Å². The SMILES string of the molecule is CC(C)(CNC(=S)Nc1ccc(F)c(Cl)c1)N1CCCCC1. The van der Waals surface area contributed by atoms with Crippen molar-refractivity contribution in [2.75, 3.05) is 25.0 Å². The van der Waals surface area contributed by atoms with Gasteiger partial charge in [0, 0.05) is 17.8 Å². The van der Waals surface area contributed by atoms with Gasteiger partial charge in [-0.05, 0) is 70.2 Å². The first-order valence-electron chi connectivity index (χ1n) is 7.63. The average molecular weight is 344 g/mol. The Kier molecular flexibility index (Phi) is 6.01. The Morgan fingerprint density at radius 3 is 2.64 bits per heavy atom. The Bertz CT molecular complexity index is 530. The second-order valence-electron chi connectivity index (χ2n) is 6.30. The van der Waals surface area contributed by atoms with Crippen molar-refractivity contribution in [3.8, 4) is 0 Å². The van der Waals surface area contributed by atoms with Gasteiger partial charge in [0.1, 0.15) is 5.82 Å². The number of halogens is 2. The quantitative estimate of drug-likeness (QED) is 0.807. The van der Waals surface area contributed by atoms with Crippen LogP contribution >= 0.6 is 23.8 Å². The molecule has 1 fully saturated rings. The number of benzene rings is 1. The lowest BCUT2D eigenvalue weighted by Gasteiger charge is -2.41. The van der Waals surface area contributed by atoms with Crippen LogP contribution in [0.5, 0.6) is 0 Å². The molecular formula is C16H23ClFN3S. The summed E-state index contributed by atoms with van der Waals surface area (Å²) in [4.78, 5) is 2.50. The fourth-order valence-corrected chi connectivity index (χ4v) is 3.03. The summed E-state index contributed by atoms with van der Waals surface area (Å²) in [5.41, 5.74) is 0.728. The Balaban J connectivity index is 1.84. The summed E-state index contributed by atoms with van der Waals surface area (Å²) in [6.45, 7) is 7.49. The molecular weight excluding hydrogens is 321 g/mol. The third-order valence-electron chi connectivity index (χ3n) is 4.07. The topological polar surface area (TPSA) is 27.3 Å². The second-order valence-corrected chi connectivity index (χ2v) is 7.11. The minimum Gasteiger partial charge on any atom is -0.361 e. The fraction of sp³-hybridized carbons (Fsp3) is 0.562. The summed E-state index contributed by atoms with van der Waals surface area (Å²) >= 11 is 11.1. The number of nitrogens with zero attached hydrogens (tertiary/aromatic N) is 1. The number of thiocarbonyl (C=S) groups is 1. The molecule has 0 saturated carbocycles. The molecule has 0 radical (unpaired) electrons. The lowest BCUT2D eigenvalue weighted by atomic mass is 9.98. The molecule has 0 aromatic heterocycles. The van der Waals surface area contributed by atoms with Crippen LogP contribution in [0.15, 0.2) is 18.2 Å². The lowest BCUT2D eigenvalue weighted by molar-refractivity contribution is 0.0986. The highest BCUT2D eigenvalue weighted by Crippen LogP contribution is 2.21. The number of hydrogen-bond acceptors (Lipinski definition) is 2. The minimum absolute atomic E-state index is 0.0482. The molecule has 1 aromatic rings. The van der Waals surface area contributed by atoms with Gasteiger partial charge in [-0.25, -0.2) is 4.39 Å². The van der Waals surface area contributed by atoms with Crippen LogP contribution in [-0.2, 0) is 0 Å². The maximum atomic E-state index is 13.1. The van der Waals surface area contributed by atoms with E-state index in [2.05, 4.69) is 29.4 Å². The maximum Gasteiger partial charge on any atom is 0.170 e. The normalized spacial score (nSPS) is 16.4. The van der Waals surface area contributed by atoms with Gasteiger partial charge in [0.25, 0.3) is 0 Å². The van der Waals surface area contributed by atoms with E-state index in [1.165, 1.54) is 31.4 Å². The number of hydrogen-bond donors (Lipinski definition) is 2. The summed E-state index contributed by atoms with van der Waals surface area (Å²) in [6, 6.07) is 4.47. The molecule has 0 atom stereocenters. The van der Waals surface area contributed by atoms with Crippen molar-refractivity contribution >= 4 is 34.6 Å². The molecule has 0 amide bonds. The number of anilines is 1. The van der Waals surface area contributed by atoms with Crippen LogP contribution in [0.4, 0.5) is 10.1 Å². The summed E-state index contributed by atoms with van der Waals surface area (Å²) < 4.78 is 13.1. The van der Waals surface area contributed by atoms with Gasteiger partial charge in [-0.2, -0.15) is 0 Å². The van der Waals surface area contributed by atoms with Crippen LogP contribution in [0, 0.1) is 5.82 Å². The molecule has 2 N–H and O–H groups in total. The van der Waals surface area contributed by atoms with Crippen LogP contribution in [0.1, 0.15) is 33.1 Å². The van der Waals surface area contributed by atoms with Gasteiger partial charge in [-0.3, -0.25) is 4.90 Å². The Labute approximate surface area is 142 Å². The summed E-state index contributed by atoms with van der Waals surface area (Å²) in [5, 5.41) is 6.89. The molecule has 2 rings (SSSR count). The molecule has 122 valence electrons. The highest BCUT2D eigenvalue weighted by atomic mass is 35.5. The first-order chi connectivity index (χ1) is 10.4. The van der Waals surface area contributed by atoms with Crippen molar-refractivity contribution in [3.05, 3.63) is 29.0 Å². The Morgan fingerprint density at radius 2 is 2.00 bits per heavy atom.